The number of halogens is 2. The summed E-state index contributed by atoms with van der Waals surface area (Å²) in [6, 6.07) is 4.94. The van der Waals surface area contributed by atoms with E-state index >= 15 is 0 Å². The molecule has 2 rings (SSSR count). The Morgan fingerprint density at radius 1 is 1.19 bits per heavy atom. The molecule has 1 aliphatic heterocycles. The van der Waals surface area contributed by atoms with Crippen LogP contribution in [0.5, 0.6) is 0 Å². The number of amides is 1. The molecule has 0 aromatic heterocycles. The first-order valence-corrected chi connectivity index (χ1v) is 8.14. The molecule has 1 heterocycles. The molecule has 1 fully saturated rings. The van der Waals surface area contributed by atoms with Gasteiger partial charge in [0.05, 0.1) is 10.0 Å². The van der Waals surface area contributed by atoms with Crippen LogP contribution in [0.15, 0.2) is 18.2 Å². The lowest BCUT2D eigenvalue weighted by atomic mass is 9.98. The van der Waals surface area contributed by atoms with Gasteiger partial charge in [0.15, 0.2) is 0 Å². The molecule has 5 heteroatoms. The maximum absolute atomic E-state index is 12.2. The lowest BCUT2D eigenvalue weighted by Gasteiger charge is -2.41. The highest BCUT2D eigenvalue weighted by Gasteiger charge is 2.28. The molecule has 1 aliphatic rings. The van der Waals surface area contributed by atoms with Crippen LogP contribution >= 0.6 is 23.2 Å². The van der Waals surface area contributed by atoms with Crippen LogP contribution in [-0.4, -0.2) is 36.0 Å². The SMILES string of the molecule is CC(C)(CNC(=O)c1ccc(Cl)c(Cl)c1)N1CCCCC1. The van der Waals surface area contributed by atoms with E-state index in [1.807, 2.05) is 0 Å². The Bertz CT molecular complexity index is 511. The quantitative estimate of drug-likeness (QED) is 0.906. The Morgan fingerprint density at radius 2 is 1.86 bits per heavy atom. The van der Waals surface area contributed by atoms with Gasteiger partial charge < -0.3 is 5.32 Å². The fourth-order valence-corrected chi connectivity index (χ4v) is 2.95. The van der Waals surface area contributed by atoms with Gasteiger partial charge in [0.2, 0.25) is 0 Å². The molecule has 1 N–H and O–H groups in total. The van der Waals surface area contributed by atoms with Crippen LogP contribution in [0.25, 0.3) is 0 Å². The van der Waals surface area contributed by atoms with Gasteiger partial charge in [-0.1, -0.05) is 29.6 Å². The Balaban J connectivity index is 1.94. The summed E-state index contributed by atoms with van der Waals surface area (Å²) in [7, 11) is 0. The van der Waals surface area contributed by atoms with Crippen LogP contribution in [-0.2, 0) is 0 Å². The Hall–Kier alpha value is -0.770. The molecule has 0 spiro atoms. The van der Waals surface area contributed by atoms with Crippen molar-refractivity contribution in [3.63, 3.8) is 0 Å². The second kappa shape index (κ2) is 6.99. The number of nitrogens with zero attached hydrogens (tertiary/aromatic N) is 1. The molecule has 0 radical (unpaired) electrons. The second-order valence-electron chi connectivity index (χ2n) is 6.17. The summed E-state index contributed by atoms with van der Waals surface area (Å²) in [6.07, 6.45) is 3.79. The van der Waals surface area contributed by atoms with Gasteiger partial charge >= 0.3 is 0 Å². The summed E-state index contributed by atoms with van der Waals surface area (Å²) in [5.41, 5.74) is 0.505. The average molecular weight is 329 g/mol. The van der Waals surface area contributed by atoms with Gasteiger partial charge in [-0.3, -0.25) is 9.69 Å². The van der Waals surface area contributed by atoms with E-state index in [9.17, 15) is 4.79 Å². The first-order valence-electron chi connectivity index (χ1n) is 7.38. The number of rotatable bonds is 4. The Kier molecular flexibility index (Phi) is 5.53. The molecule has 0 unspecified atom stereocenters. The van der Waals surface area contributed by atoms with E-state index in [1.165, 1.54) is 19.3 Å². The first kappa shape index (κ1) is 16.6. The highest BCUT2D eigenvalue weighted by molar-refractivity contribution is 6.42. The van der Waals surface area contributed by atoms with Crippen LogP contribution in [0.1, 0.15) is 43.5 Å². The number of piperidine rings is 1. The largest absolute Gasteiger partial charge is 0.350 e. The summed E-state index contributed by atoms with van der Waals surface area (Å²) >= 11 is 11.8. The summed E-state index contributed by atoms with van der Waals surface area (Å²) < 4.78 is 0. The zero-order valence-corrected chi connectivity index (χ0v) is 14.1. The minimum Gasteiger partial charge on any atom is -0.350 e. The monoisotopic (exact) mass is 328 g/mol. The zero-order chi connectivity index (χ0) is 15.5. The fraction of sp³-hybridized carbons (Fsp3) is 0.562. The van der Waals surface area contributed by atoms with E-state index in [2.05, 4.69) is 24.1 Å². The molecule has 1 aromatic carbocycles. The van der Waals surface area contributed by atoms with E-state index in [-0.39, 0.29) is 11.4 Å². The smallest absolute Gasteiger partial charge is 0.251 e. The molecule has 1 saturated heterocycles. The van der Waals surface area contributed by atoms with Gasteiger partial charge in [-0.15, -0.1) is 0 Å². The van der Waals surface area contributed by atoms with Gasteiger partial charge in [-0.25, -0.2) is 0 Å². The standard InChI is InChI=1S/C16H22Cl2N2O/c1-16(2,20-8-4-3-5-9-20)11-19-15(21)12-6-7-13(17)14(18)10-12/h6-7,10H,3-5,8-9,11H2,1-2H3,(H,19,21). The fourth-order valence-electron chi connectivity index (χ4n) is 2.65. The predicted molar refractivity (Wildman–Crippen MR) is 88.3 cm³/mol. The number of nitrogens with one attached hydrogen (secondary N) is 1. The third-order valence-electron chi connectivity index (χ3n) is 4.08. The third-order valence-corrected chi connectivity index (χ3v) is 4.81. The molecule has 116 valence electrons. The lowest BCUT2D eigenvalue weighted by molar-refractivity contribution is 0.0797. The summed E-state index contributed by atoms with van der Waals surface area (Å²) in [5, 5.41) is 3.86. The van der Waals surface area contributed by atoms with Crippen molar-refractivity contribution in [2.24, 2.45) is 0 Å². The highest BCUT2D eigenvalue weighted by Crippen LogP contribution is 2.23. The number of hydrogen-bond donors (Lipinski definition) is 1. The Labute approximate surface area is 136 Å². The normalized spacial score (nSPS) is 16.8. The van der Waals surface area contributed by atoms with Gasteiger partial charge in [0, 0.05) is 17.6 Å². The van der Waals surface area contributed by atoms with Crippen molar-refractivity contribution in [3.8, 4) is 0 Å². The molecule has 1 aromatic rings. The van der Waals surface area contributed by atoms with Crippen LogP contribution in [0.2, 0.25) is 10.0 Å². The van der Waals surface area contributed by atoms with E-state index in [1.54, 1.807) is 18.2 Å². The predicted octanol–water partition coefficient (Wildman–Crippen LogP) is 3.99. The van der Waals surface area contributed by atoms with Gasteiger partial charge in [0.1, 0.15) is 0 Å². The topological polar surface area (TPSA) is 32.3 Å². The van der Waals surface area contributed by atoms with Crippen molar-refractivity contribution in [2.45, 2.75) is 38.6 Å². The first-order chi connectivity index (χ1) is 9.90. The Morgan fingerprint density at radius 3 is 2.48 bits per heavy atom. The van der Waals surface area contributed by atoms with Gasteiger partial charge in [-0.2, -0.15) is 0 Å². The molecule has 1 amide bonds. The lowest BCUT2D eigenvalue weighted by Crippen LogP contribution is -2.53. The maximum atomic E-state index is 12.2. The van der Waals surface area contributed by atoms with Crippen LogP contribution in [0.3, 0.4) is 0 Å². The van der Waals surface area contributed by atoms with E-state index in [4.69, 9.17) is 23.2 Å². The van der Waals surface area contributed by atoms with Crippen molar-refractivity contribution in [3.05, 3.63) is 33.8 Å². The third kappa shape index (κ3) is 4.35. The van der Waals surface area contributed by atoms with Gasteiger partial charge in [0.25, 0.3) is 5.91 Å². The zero-order valence-electron chi connectivity index (χ0n) is 12.6. The summed E-state index contributed by atoms with van der Waals surface area (Å²) in [6.45, 7) is 7.18. The van der Waals surface area contributed by atoms with Crippen molar-refractivity contribution in [2.75, 3.05) is 19.6 Å². The van der Waals surface area contributed by atoms with E-state index in [0.717, 1.165) is 13.1 Å². The maximum Gasteiger partial charge on any atom is 0.251 e. The van der Waals surface area contributed by atoms with Crippen molar-refractivity contribution < 1.29 is 4.79 Å². The minimum atomic E-state index is -0.112. The van der Waals surface area contributed by atoms with Crippen molar-refractivity contribution in [1.29, 1.82) is 0 Å². The number of carbonyl (C=O) groups is 1. The molecule has 0 bridgehead atoms. The minimum absolute atomic E-state index is 0.0354. The molecule has 0 atom stereocenters. The van der Waals surface area contributed by atoms with Crippen molar-refractivity contribution >= 4 is 29.1 Å². The van der Waals surface area contributed by atoms with Crippen LogP contribution in [0, 0.1) is 0 Å². The van der Waals surface area contributed by atoms with E-state index < -0.39 is 0 Å². The highest BCUT2D eigenvalue weighted by atomic mass is 35.5. The molecular weight excluding hydrogens is 307 g/mol. The molecular formula is C16H22Cl2N2O. The van der Waals surface area contributed by atoms with E-state index in [0.29, 0.717) is 22.2 Å². The van der Waals surface area contributed by atoms with Crippen LogP contribution < -0.4 is 5.32 Å². The number of hydrogen-bond acceptors (Lipinski definition) is 2. The summed E-state index contributed by atoms with van der Waals surface area (Å²) in [5.74, 6) is -0.112. The molecule has 21 heavy (non-hydrogen) atoms. The second-order valence-corrected chi connectivity index (χ2v) is 6.99. The molecule has 0 aliphatic carbocycles. The average Bonchev–Trinajstić information content (AvgIpc) is 2.48. The number of likely N-dealkylation sites (tertiary alicyclic amines) is 1. The number of benzene rings is 1. The summed E-state index contributed by atoms with van der Waals surface area (Å²) in [4.78, 5) is 14.7. The van der Waals surface area contributed by atoms with Gasteiger partial charge in [-0.05, 0) is 58.0 Å². The number of carbonyl (C=O) groups excluding carboxylic acids is 1. The van der Waals surface area contributed by atoms with Crippen molar-refractivity contribution in [1.82, 2.24) is 10.2 Å². The molecule has 0 saturated carbocycles. The van der Waals surface area contributed by atoms with Crippen LogP contribution in [0.4, 0.5) is 0 Å². The molecule has 3 nitrogen and oxygen atoms in total.